The molecule has 226 valence electrons. The molecule has 4 heterocycles. The number of rotatable bonds is 6. The summed E-state index contributed by atoms with van der Waals surface area (Å²) in [6.07, 6.45) is -6.47. The zero-order valence-electron chi connectivity index (χ0n) is 22.5. The minimum atomic E-state index is -4.65. The monoisotopic (exact) mass is 604 g/mol. The maximum Gasteiger partial charge on any atom is 0.416 e. The number of alkyl halides is 6. The zero-order chi connectivity index (χ0) is 30.7. The largest absolute Gasteiger partial charge is 0.416 e. The highest BCUT2D eigenvalue weighted by Crippen LogP contribution is 2.40. The number of hydrogen-bond acceptors (Lipinski definition) is 4. The molecule has 2 unspecified atom stereocenters. The van der Waals surface area contributed by atoms with Crippen LogP contribution < -0.4 is 5.32 Å². The van der Waals surface area contributed by atoms with Crippen molar-refractivity contribution >= 4 is 44.8 Å². The first-order valence-electron chi connectivity index (χ1n) is 13.7. The van der Waals surface area contributed by atoms with E-state index in [2.05, 4.69) is 15.3 Å². The van der Waals surface area contributed by atoms with Crippen molar-refractivity contribution in [2.45, 2.75) is 50.2 Å². The third kappa shape index (κ3) is 5.31. The number of carbonyl (C=O) groups is 2. The second kappa shape index (κ2) is 10.6. The van der Waals surface area contributed by atoms with Crippen LogP contribution in [0.1, 0.15) is 41.5 Å². The first-order chi connectivity index (χ1) is 20.3. The molecule has 4 aromatic rings. The third-order valence-corrected chi connectivity index (χ3v) is 8.15. The van der Waals surface area contributed by atoms with Crippen LogP contribution in [0.25, 0.3) is 33.0 Å². The Hall–Kier alpha value is -4.10. The van der Waals surface area contributed by atoms with Gasteiger partial charge in [0.2, 0.25) is 0 Å². The molecule has 0 saturated carbocycles. The van der Waals surface area contributed by atoms with Gasteiger partial charge in [0.05, 0.1) is 22.8 Å². The van der Waals surface area contributed by atoms with Crippen LogP contribution in [0.4, 0.5) is 26.3 Å². The summed E-state index contributed by atoms with van der Waals surface area (Å²) in [5.74, 6) is -1.57. The van der Waals surface area contributed by atoms with E-state index in [1.807, 2.05) is 0 Å². The predicted molar refractivity (Wildman–Crippen MR) is 147 cm³/mol. The fraction of sp³-hybridized carbons (Fsp3) is 0.333. The van der Waals surface area contributed by atoms with Crippen LogP contribution in [0.15, 0.2) is 48.8 Å². The van der Waals surface area contributed by atoms with E-state index in [4.69, 9.17) is 0 Å². The molecular formula is C30H26F6N4O3. The fourth-order valence-corrected chi connectivity index (χ4v) is 6.19. The van der Waals surface area contributed by atoms with Gasteiger partial charge in [-0.05, 0) is 61.8 Å². The highest BCUT2D eigenvalue weighted by Gasteiger charge is 2.48. The van der Waals surface area contributed by atoms with Crippen molar-refractivity contribution in [3.8, 4) is 0 Å². The summed E-state index contributed by atoms with van der Waals surface area (Å²) in [6.45, 7) is 0.473. The first-order valence-corrected chi connectivity index (χ1v) is 13.7. The molecule has 7 nitrogen and oxygen atoms in total. The lowest BCUT2D eigenvalue weighted by Gasteiger charge is -2.38. The van der Waals surface area contributed by atoms with Crippen molar-refractivity contribution < 1.29 is 41.0 Å². The van der Waals surface area contributed by atoms with Gasteiger partial charge >= 0.3 is 12.4 Å². The number of hydrogen-bond donors (Lipinski definition) is 4. The quantitative estimate of drug-likeness (QED) is 0.171. The Balaban J connectivity index is 1.41. The SMILES string of the molecule is O=C1NC(=O)C(c2c[nH]c3ccc(C(F)(F)F)cc23)=C1c1c[nH]c2ccc(CC(O)C(N3CCCCC3)C(F)(F)F)cc12. The van der Waals surface area contributed by atoms with Gasteiger partial charge < -0.3 is 15.1 Å². The average Bonchev–Trinajstić information content (AvgIpc) is 3.61. The molecule has 1 saturated heterocycles. The Morgan fingerprint density at radius 3 is 1.91 bits per heavy atom. The van der Waals surface area contributed by atoms with Gasteiger partial charge in [-0.3, -0.25) is 19.8 Å². The van der Waals surface area contributed by atoms with Gasteiger partial charge in [-0.25, -0.2) is 0 Å². The molecular weight excluding hydrogens is 578 g/mol. The van der Waals surface area contributed by atoms with Gasteiger partial charge in [0.25, 0.3) is 11.8 Å². The Kier molecular flexibility index (Phi) is 7.12. The molecule has 6 rings (SSSR count). The van der Waals surface area contributed by atoms with E-state index in [9.17, 15) is 41.0 Å². The number of carbonyl (C=O) groups excluding carboxylic acids is 2. The molecule has 0 radical (unpaired) electrons. The van der Waals surface area contributed by atoms with Gasteiger partial charge in [0.1, 0.15) is 6.04 Å². The average molecular weight is 605 g/mol. The van der Waals surface area contributed by atoms with Crippen LogP contribution in [0.5, 0.6) is 0 Å². The van der Waals surface area contributed by atoms with Crippen LogP contribution in [-0.2, 0) is 22.2 Å². The van der Waals surface area contributed by atoms with E-state index in [0.29, 0.717) is 34.8 Å². The molecule has 0 bridgehead atoms. The molecule has 4 N–H and O–H groups in total. The van der Waals surface area contributed by atoms with E-state index >= 15 is 0 Å². The van der Waals surface area contributed by atoms with E-state index in [1.165, 1.54) is 23.4 Å². The number of aliphatic hydroxyl groups excluding tert-OH is 1. The molecule has 2 atom stereocenters. The van der Waals surface area contributed by atoms with Gasteiger partial charge in [-0.15, -0.1) is 0 Å². The van der Waals surface area contributed by atoms with Crippen LogP contribution in [0.3, 0.4) is 0 Å². The number of imide groups is 1. The predicted octanol–water partition coefficient (Wildman–Crippen LogP) is 5.56. The molecule has 2 aliphatic heterocycles. The Labute approximate surface area is 240 Å². The molecule has 1 fully saturated rings. The summed E-state index contributed by atoms with van der Waals surface area (Å²) in [7, 11) is 0. The van der Waals surface area contributed by atoms with Gasteiger partial charge in [-0.2, -0.15) is 26.3 Å². The number of aromatic nitrogens is 2. The second-order valence-electron chi connectivity index (χ2n) is 10.9. The van der Waals surface area contributed by atoms with Crippen LogP contribution in [0.2, 0.25) is 0 Å². The molecule has 2 aliphatic rings. The normalized spacial score (nSPS) is 18.6. The lowest BCUT2D eigenvalue weighted by atomic mass is 9.93. The number of nitrogens with one attached hydrogen (secondary N) is 3. The standard InChI is InChI=1S/C30H26F6N4O3/c31-29(32,33)16-5-7-22-18(12-16)20(14-38-22)25-24(27(42)39-28(25)43)19-13-37-21-6-4-15(10-17(19)21)11-23(41)26(30(34,35)36)40-8-2-1-3-9-40/h4-7,10,12-14,23,26,37-38,41H,1-3,8-9,11H2,(H,39,42,43). The summed E-state index contributed by atoms with van der Waals surface area (Å²) < 4.78 is 82.5. The topological polar surface area (TPSA) is 101 Å². The number of aliphatic hydroxyl groups is 1. The maximum absolute atomic E-state index is 14.0. The molecule has 43 heavy (non-hydrogen) atoms. The number of halogens is 6. The highest BCUT2D eigenvalue weighted by atomic mass is 19.4. The molecule has 0 aliphatic carbocycles. The molecule has 13 heteroatoms. The van der Waals surface area contributed by atoms with Crippen molar-refractivity contribution in [1.29, 1.82) is 0 Å². The molecule has 2 amide bonds. The summed E-state index contributed by atoms with van der Waals surface area (Å²) in [6, 6.07) is 5.72. The Bertz CT molecular complexity index is 1760. The highest BCUT2D eigenvalue weighted by molar-refractivity contribution is 6.50. The second-order valence-corrected chi connectivity index (χ2v) is 10.9. The van der Waals surface area contributed by atoms with E-state index in [-0.39, 0.29) is 47.2 Å². The van der Waals surface area contributed by atoms with E-state index < -0.39 is 41.9 Å². The smallest absolute Gasteiger partial charge is 0.391 e. The maximum atomic E-state index is 14.0. The number of fused-ring (bicyclic) bond motifs is 2. The summed E-state index contributed by atoms with van der Waals surface area (Å²) in [4.78, 5) is 33.2. The molecule has 2 aromatic carbocycles. The van der Waals surface area contributed by atoms with Gasteiger partial charge in [0.15, 0.2) is 0 Å². The number of H-pyrrole nitrogens is 2. The van der Waals surface area contributed by atoms with Crippen molar-refractivity contribution in [2.75, 3.05) is 13.1 Å². The minimum Gasteiger partial charge on any atom is -0.391 e. The number of piperidine rings is 1. The van der Waals surface area contributed by atoms with Crippen LogP contribution in [0, 0.1) is 0 Å². The van der Waals surface area contributed by atoms with Crippen LogP contribution in [-0.4, -0.2) is 63.2 Å². The fourth-order valence-electron chi connectivity index (χ4n) is 6.19. The lowest BCUT2D eigenvalue weighted by molar-refractivity contribution is -0.210. The van der Waals surface area contributed by atoms with Crippen molar-refractivity contribution in [2.24, 2.45) is 0 Å². The Morgan fingerprint density at radius 2 is 1.35 bits per heavy atom. The van der Waals surface area contributed by atoms with Gasteiger partial charge in [-0.1, -0.05) is 12.5 Å². The third-order valence-electron chi connectivity index (χ3n) is 8.15. The number of aromatic amines is 2. The molecule has 2 aromatic heterocycles. The summed E-state index contributed by atoms with van der Waals surface area (Å²) in [5.41, 5.74) is 0.395. The van der Waals surface area contributed by atoms with Crippen molar-refractivity contribution in [1.82, 2.24) is 20.2 Å². The summed E-state index contributed by atoms with van der Waals surface area (Å²) in [5, 5.41) is 13.5. The number of benzene rings is 2. The number of likely N-dealkylation sites (tertiary alicyclic amines) is 1. The van der Waals surface area contributed by atoms with E-state index in [1.54, 1.807) is 18.2 Å². The summed E-state index contributed by atoms with van der Waals surface area (Å²) >= 11 is 0. The van der Waals surface area contributed by atoms with Crippen LogP contribution >= 0.6 is 0 Å². The number of amides is 2. The zero-order valence-corrected chi connectivity index (χ0v) is 22.5. The lowest BCUT2D eigenvalue weighted by Crippen LogP contribution is -2.55. The number of nitrogens with zero attached hydrogens (tertiary/aromatic N) is 1. The van der Waals surface area contributed by atoms with Crippen molar-refractivity contribution in [3.63, 3.8) is 0 Å². The van der Waals surface area contributed by atoms with Crippen molar-refractivity contribution in [3.05, 3.63) is 71.0 Å². The van der Waals surface area contributed by atoms with E-state index in [0.717, 1.165) is 18.6 Å². The minimum absolute atomic E-state index is 0.0891. The van der Waals surface area contributed by atoms with Gasteiger partial charge in [0, 0.05) is 51.7 Å². The molecule has 0 spiro atoms. The first kappa shape index (κ1) is 29.0. The Morgan fingerprint density at radius 1 is 0.791 bits per heavy atom.